The van der Waals surface area contributed by atoms with E-state index < -0.39 is 0 Å². The largest absolute Gasteiger partial charge is 0.496 e. The minimum Gasteiger partial charge on any atom is -0.496 e. The van der Waals surface area contributed by atoms with Gasteiger partial charge in [-0.1, -0.05) is 12.1 Å². The summed E-state index contributed by atoms with van der Waals surface area (Å²) in [5.41, 5.74) is 2.30. The Morgan fingerprint density at radius 2 is 2.06 bits per heavy atom. The van der Waals surface area contributed by atoms with Crippen molar-refractivity contribution in [2.75, 3.05) is 13.7 Å². The zero-order valence-corrected chi connectivity index (χ0v) is 10.4. The van der Waals surface area contributed by atoms with E-state index in [1.807, 2.05) is 19.9 Å². The predicted octanol–water partition coefficient (Wildman–Crippen LogP) is 2.04. The fraction of sp³-hybridized carbons (Fsp3) is 0.538. The van der Waals surface area contributed by atoms with Gasteiger partial charge in [0.25, 0.3) is 0 Å². The molecule has 0 aliphatic rings. The van der Waals surface area contributed by atoms with E-state index in [0.717, 1.165) is 11.3 Å². The van der Waals surface area contributed by atoms with Crippen LogP contribution in [-0.2, 0) is 0 Å². The van der Waals surface area contributed by atoms with Gasteiger partial charge in [0, 0.05) is 17.6 Å². The number of benzene rings is 1. The van der Waals surface area contributed by atoms with Gasteiger partial charge in [-0.3, -0.25) is 0 Å². The molecule has 0 radical (unpaired) electrons. The Labute approximate surface area is 97.4 Å². The van der Waals surface area contributed by atoms with E-state index in [4.69, 9.17) is 9.84 Å². The number of hydrogen-bond donors (Lipinski definition) is 2. The third-order valence-corrected chi connectivity index (χ3v) is 2.66. The molecule has 0 saturated carbocycles. The van der Waals surface area contributed by atoms with Gasteiger partial charge in [0.05, 0.1) is 13.7 Å². The van der Waals surface area contributed by atoms with Crippen LogP contribution in [0.5, 0.6) is 5.75 Å². The Morgan fingerprint density at radius 1 is 1.38 bits per heavy atom. The molecular weight excluding hydrogens is 202 g/mol. The van der Waals surface area contributed by atoms with Crippen LogP contribution in [0, 0.1) is 6.92 Å². The van der Waals surface area contributed by atoms with Gasteiger partial charge >= 0.3 is 0 Å². The van der Waals surface area contributed by atoms with Crippen LogP contribution in [0.2, 0.25) is 0 Å². The molecule has 0 aliphatic carbocycles. The van der Waals surface area contributed by atoms with Gasteiger partial charge in [-0.05, 0) is 32.4 Å². The minimum absolute atomic E-state index is 0.0843. The predicted molar refractivity (Wildman–Crippen MR) is 65.8 cm³/mol. The molecule has 1 unspecified atom stereocenters. The zero-order chi connectivity index (χ0) is 12.1. The maximum atomic E-state index is 9.01. The van der Waals surface area contributed by atoms with Crippen LogP contribution in [-0.4, -0.2) is 24.9 Å². The molecular formula is C13H21NO2. The van der Waals surface area contributed by atoms with Crippen LogP contribution in [0.1, 0.15) is 31.0 Å². The first kappa shape index (κ1) is 13.0. The summed E-state index contributed by atoms with van der Waals surface area (Å²) in [7, 11) is 1.68. The highest BCUT2D eigenvalue weighted by atomic mass is 16.5. The van der Waals surface area contributed by atoms with Crippen LogP contribution in [0.15, 0.2) is 18.2 Å². The molecule has 0 saturated heterocycles. The summed E-state index contributed by atoms with van der Waals surface area (Å²) in [4.78, 5) is 0. The summed E-state index contributed by atoms with van der Waals surface area (Å²) >= 11 is 0. The molecule has 0 amide bonds. The maximum absolute atomic E-state index is 9.01. The Balaban J connectivity index is 2.85. The number of rotatable bonds is 5. The summed E-state index contributed by atoms with van der Waals surface area (Å²) in [5.74, 6) is 0.894. The summed E-state index contributed by atoms with van der Waals surface area (Å²) in [6.45, 7) is 6.20. The van der Waals surface area contributed by atoms with Crippen LogP contribution in [0.4, 0.5) is 0 Å². The number of nitrogens with one attached hydrogen (secondary N) is 1. The molecule has 2 atom stereocenters. The lowest BCUT2D eigenvalue weighted by atomic mass is 10.0. The third kappa shape index (κ3) is 3.22. The second kappa shape index (κ2) is 5.87. The smallest absolute Gasteiger partial charge is 0.123 e. The molecule has 16 heavy (non-hydrogen) atoms. The fourth-order valence-electron chi connectivity index (χ4n) is 1.75. The van der Waals surface area contributed by atoms with Gasteiger partial charge in [0.15, 0.2) is 0 Å². The molecule has 1 aromatic rings. The Kier molecular flexibility index (Phi) is 4.77. The summed E-state index contributed by atoms with van der Waals surface area (Å²) in [6, 6.07) is 6.41. The van der Waals surface area contributed by atoms with Crippen molar-refractivity contribution in [2.24, 2.45) is 0 Å². The van der Waals surface area contributed by atoms with Crippen LogP contribution in [0.25, 0.3) is 0 Å². The first-order valence-electron chi connectivity index (χ1n) is 5.60. The molecule has 0 bridgehead atoms. The second-order valence-electron chi connectivity index (χ2n) is 4.22. The van der Waals surface area contributed by atoms with Gasteiger partial charge in [-0.15, -0.1) is 0 Å². The highest BCUT2D eigenvalue weighted by Crippen LogP contribution is 2.26. The SMILES string of the molecule is COc1cc(C)ccc1C(C)N[C@H](C)CO. The highest BCUT2D eigenvalue weighted by Gasteiger charge is 2.13. The van der Waals surface area contributed by atoms with Gasteiger partial charge in [-0.25, -0.2) is 0 Å². The van der Waals surface area contributed by atoms with Gasteiger partial charge in [-0.2, -0.15) is 0 Å². The van der Waals surface area contributed by atoms with Crippen molar-refractivity contribution in [3.05, 3.63) is 29.3 Å². The molecule has 2 N–H and O–H groups in total. The minimum atomic E-state index is 0.0843. The van der Waals surface area contributed by atoms with Crippen LogP contribution in [0.3, 0.4) is 0 Å². The van der Waals surface area contributed by atoms with E-state index in [1.165, 1.54) is 5.56 Å². The molecule has 3 heteroatoms. The van der Waals surface area contributed by atoms with Gasteiger partial charge in [0.1, 0.15) is 5.75 Å². The topological polar surface area (TPSA) is 41.5 Å². The molecule has 0 fully saturated rings. The quantitative estimate of drug-likeness (QED) is 0.802. The number of hydrogen-bond acceptors (Lipinski definition) is 3. The zero-order valence-electron chi connectivity index (χ0n) is 10.4. The highest BCUT2D eigenvalue weighted by molar-refractivity contribution is 5.39. The van der Waals surface area contributed by atoms with E-state index in [1.54, 1.807) is 7.11 Å². The van der Waals surface area contributed by atoms with Crippen molar-refractivity contribution in [2.45, 2.75) is 32.9 Å². The number of aliphatic hydroxyl groups excluding tert-OH is 1. The number of aryl methyl sites for hydroxylation is 1. The first-order valence-corrected chi connectivity index (χ1v) is 5.60. The third-order valence-electron chi connectivity index (χ3n) is 2.66. The van der Waals surface area contributed by atoms with Crippen molar-refractivity contribution in [1.29, 1.82) is 0 Å². The van der Waals surface area contributed by atoms with E-state index in [2.05, 4.69) is 24.4 Å². The van der Waals surface area contributed by atoms with E-state index in [0.29, 0.717) is 0 Å². The fourth-order valence-corrected chi connectivity index (χ4v) is 1.75. The average molecular weight is 223 g/mol. The normalized spacial score (nSPS) is 14.6. The standard InChI is InChI=1S/C13H21NO2/c1-9-5-6-12(13(7-9)16-4)11(3)14-10(2)8-15/h5-7,10-11,14-15H,8H2,1-4H3/t10-,11?/m1/s1. The Morgan fingerprint density at radius 3 is 2.62 bits per heavy atom. The van der Waals surface area contributed by atoms with Crippen molar-refractivity contribution in [1.82, 2.24) is 5.32 Å². The molecule has 0 spiro atoms. The van der Waals surface area contributed by atoms with E-state index >= 15 is 0 Å². The van der Waals surface area contributed by atoms with Gasteiger partial charge in [0.2, 0.25) is 0 Å². The van der Waals surface area contributed by atoms with Crippen molar-refractivity contribution >= 4 is 0 Å². The van der Waals surface area contributed by atoms with Crippen LogP contribution >= 0.6 is 0 Å². The van der Waals surface area contributed by atoms with Crippen LogP contribution < -0.4 is 10.1 Å². The van der Waals surface area contributed by atoms with Gasteiger partial charge < -0.3 is 15.2 Å². The lowest BCUT2D eigenvalue weighted by molar-refractivity contribution is 0.242. The second-order valence-corrected chi connectivity index (χ2v) is 4.22. The summed E-state index contributed by atoms with van der Waals surface area (Å²) in [5, 5.41) is 12.3. The molecule has 0 aromatic heterocycles. The molecule has 1 rings (SSSR count). The molecule has 1 aromatic carbocycles. The molecule has 0 heterocycles. The lowest BCUT2D eigenvalue weighted by Crippen LogP contribution is -2.31. The van der Waals surface area contributed by atoms with Crippen molar-refractivity contribution in [3.63, 3.8) is 0 Å². The lowest BCUT2D eigenvalue weighted by Gasteiger charge is -2.21. The van der Waals surface area contributed by atoms with Crippen molar-refractivity contribution < 1.29 is 9.84 Å². The molecule has 3 nitrogen and oxygen atoms in total. The number of aliphatic hydroxyl groups is 1. The summed E-state index contributed by atoms with van der Waals surface area (Å²) in [6.07, 6.45) is 0. The maximum Gasteiger partial charge on any atom is 0.123 e. The van der Waals surface area contributed by atoms with E-state index in [-0.39, 0.29) is 18.7 Å². The molecule has 0 aliphatic heterocycles. The van der Waals surface area contributed by atoms with E-state index in [9.17, 15) is 0 Å². The first-order chi connectivity index (χ1) is 7.58. The average Bonchev–Trinajstić information content (AvgIpc) is 2.28. The monoisotopic (exact) mass is 223 g/mol. The Bertz CT molecular complexity index is 339. The summed E-state index contributed by atoms with van der Waals surface area (Å²) < 4.78 is 5.36. The number of ether oxygens (including phenoxy) is 1. The molecule has 90 valence electrons. The number of methoxy groups -OCH3 is 1. The Hall–Kier alpha value is -1.06. The van der Waals surface area contributed by atoms with Crippen molar-refractivity contribution in [3.8, 4) is 5.75 Å².